The van der Waals surface area contributed by atoms with E-state index in [2.05, 4.69) is 0 Å². The summed E-state index contributed by atoms with van der Waals surface area (Å²) in [4.78, 5) is 10.8. The third-order valence-electron chi connectivity index (χ3n) is 2.82. The third kappa shape index (κ3) is 1.03. The molecule has 11 heavy (non-hydrogen) atoms. The van der Waals surface area contributed by atoms with Crippen molar-refractivity contribution in [1.29, 1.82) is 0 Å². The van der Waals surface area contributed by atoms with Crippen LogP contribution in [0.3, 0.4) is 0 Å². The number of hydrogen-bond acceptors (Lipinski definition) is 3. The van der Waals surface area contributed by atoms with Crippen LogP contribution in [0, 0.1) is 11.8 Å². The largest absolute Gasteiger partial charge is 0.462 e. The lowest BCUT2D eigenvalue weighted by Gasteiger charge is -2.11. The van der Waals surface area contributed by atoms with Gasteiger partial charge in [0.1, 0.15) is 6.10 Å². The van der Waals surface area contributed by atoms with Gasteiger partial charge in [0.15, 0.2) is 0 Å². The Hall–Kier alpha value is -0.570. The van der Waals surface area contributed by atoms with Crippen molar-refractivity contribution in [1.82, 2.24) is 0 Å². The Kier molecular flexibility index (Phi) is 1.60. The maximum Gasteiger partial charge on any atom is 0.306 e. The zero-order valence-corrected chi connectivity index (χ0v) is 6.32. The standard InChI is InChI=1S/C8H12O3/c9-4-5-1-2-7-6(5)3-8(10)11-7/h5-7,9H,1-4H2/t5-,6-,7+/m0/s1. The number of ether oxygens (including phenoxy) is 1. The van der Waals surface area contributed by atoms with Gasteiger partial charge >= 0.3 is 5.97 Å². The van der Waals surface area contributed by atoms with Gasteiger partial charge in [-0.15, -0.1) is 0 Å². The van der Waals surface area contributed by atoms with E-state index in [-0.39, 0.29) is 18.7 Å². The van der Waals surface area contributed by atoms with E-state index in [9.17, 15) is 4.79 Å². The van der Waals surface area contributed by atoms with Crippen LogP contribution < -0.4 is 0 Å². The van der Waals surface area contributed by atoms with Crippen LogP contribution in [0.4, 0.5) is 0 Å². The molecule has 0 spiro atoms. The molecule has 0 bridgehead atoms. The maximum atomic E-state index is 10.8. The Balaban J connectivity index is 2.07. The lowest BCUT2D eigenvalue weighted by Crippen LogP contribution is -2.16. The quantitative estimate of drug-likeness (QED) is 0.556. The average Bonchev–Trinajstić information content (AvgIpc) is 2.45. The first kappa shape index (κ1) is 7.10. The predicted octanol–water partition coefficient (Wildman–Crippen LogP) is 0.320. The zero-order chi connectivity index (χ0) is 7.84. The van der Waals surface area contributed by atoms with Crippen LogP contribution in [0.2, 0.25) is 0 Å². The van der Waals surface area contributed by atoms with Gasteiger partial charge in [-0.05, 0) is 18.8 Å². The zero-order valence-electron chi connectivity index (χ0n) is 6.32. The van der Waals surface area contributed by atoms with Gasteiger partial charge in [0.25, 0.3) is 0 Å². The van der Waals surface area contributed by atoms with Gasteiger partial charge in [-0.1, -0.05) is 0 Å². The van der Waals surface area contributed by atoms with Crippen molar-refractivity contribution in [3.63, 3.8) is 0 Å². The smallest absolute Gasteiger partial charge is 0.306 e. The lowest BCUT2D eigenvalue weighted by molar-refractivity contribution is -0.141. The van der Waals surface area contributed by atoms with Crippen LogP contribution in [0.1, 0.15) is 19.3 Å². The Labute approximate surface area is 65.4 Å². The molecular weight excluding hydrogens is 144 g/mol. The summed E-state index contributed by atoms with van der Waals surface area (Å²) in [7, 11) is 0. The second kappa shape index (κ2) is 2.48. The van der Waals surface area contributed by atoms with Gasteiger partial charge in [-0.3, -0.25) is 4.79 Å². The van der Waals surface area contributed by atoms with Crippen molar-refractivity contribution in [3.8, 4) is 0 Å². The third-order valence-corrected chi connectivity index (χ3v) is 2.82. The van der Waals surface area contributed by atoms with Crippen molar-refractivity contribution in [3.05, 3.63) is 0 Å². The highest BCUT2D eigenvalue weighted by Crippen LogP contribution is 2.40. The van der Waals surface area contributed by atoms with Gasteiger partial charge in [-0.2, -0.15) is 0 Å². The minimum atomic E-state index is -0.0850. The number of fused-ring (bicyclic) bond motifs is 1. The second-order valence-electron chi connectivity index (χ2n) is 3.42. The summed E-state index contributed by atoms with van der Waals surface area (Å²) >= 11 is 0. The van der Waals surface area contributed by atoms with E-state index in [1.165, 1.54) is 0 Å². The van der Waals surface area contributed by atoms with E-state index in [1.54, 1.807) is 0 Å². The first-order valence-electron chi connectivity index (χ1n) is 4.11. The fourth-order valence-electron chi connectivity index (χ4n) is 2.19. The topological polar surface area (TPSA) is 46.5 Å². The lowest BCUT2D eigenvalue weighted by atomic mass is 9.94. The van der Waals surface area contributed by atoms with E-state index in [1.807, 2.05) is 0 Å². The molecule has 1 aliphatic carbocycles. The van der Waals surface area contributed by atoms with Crippen LogP contribution >= 0.6 is 0 Å². The molecule has 0 aromatic carbocycles. The molecule has 0 radical (unpaired) electrons. The van der Waals surface area contributed by atoms with Crippen molar-refractivity contribution >= 4 is 5.97 Å². The fraction of sp³-hybridized carbons (Fsp3) is 0.875. The molecule has 2 aliphatic rings. The number of aliphatic hydroxyl groups excluding tert-OH is 1. The van der Waals surface area contributed by atoms with Gasteiger partial charge < -0.3 is 9.84 Å². The highest BCUT2D eigenvalue weighted by Gasteiger charge is 2.44. The van der Waals surface area contributed by atoms with Gasteiger partial charge in [0, 0.05) is 12.5 Å². The average molecular weight is 156 g/mol. The molecule has 62 valence electrons. The van der Waals surface area contributed by atoms with Crippen molar-refractivity contribution in [2.75, 3.05) is 6.61 Å². The summed E-state index contributed by atoms with van der Waals surface area (Å²) in [6, 6.07) is 0. The number of rotatable bonds is 1. The molecule has 3 heteroatoms. The van der Waals surface area contributed by atoms with Crippen molar-refractivity contribution in [2.45, 2.75) is 25.4 Å². The van der Waals surface area contributed by atoms with Crippen molar-refractivity contribution in [2.24, 2.45) is 11.8 Å². The fourth-order valence-corrected chi connectivity index (χ4v) is 2.19. The van der Waals surface area contributed by atoms with Gasteiger partial charge in [0.05, 0.1) is 6.42 Å². The number of carbonyl (C=O) groups is 1. The molecule has 0 aromatic rings. The summed E-state index contributed by atoms with van der Waals surface area (Å²) in [5.74, 6) is 0.539. The summed E-state index contributed by atoms with van der Waals surface area (Å²) < 4.78 is 5.07. The summed E-state index contributed by atoms with van der Waals surface area (Å²) in [6.45, 7) is 0.206. The van der Waals surface area contributed by atoms with Gasteiger partial charge in [0.2, 0.25) is 0 Å². The minimum absolute atomic E-state index is 0.0850. The molecule has 2 rings (SSSR count). The number of hydrogen-bond donors (Lipinski definition) is 1. The molecule has 3 atom stereocenters. The van der Waals surface area contributed by atoms with E-state index in [0.717, 1.165) is 12.8 Å². The van der Waals surface area contributed by atoms with Crippen LogP contribution in [0.15, 0.2) is 0 Å². The molecule has 1 saturated carbocycles. The molecular formula is C8H12O3. The van der Waals surface area contributed by atoms with E-state index < -0.39 is 0 Å². The summed E-state index contributed by atoms with van der Waals surface area (Å²) in [5, 5.41) is 8.93. The molecule has 0 amide bonds. The van der Waals surface area contributed by atoms with Crippen LogP contribution in [0.25, 0.3) is 0 Å². The van der Waals surface area contributed by atoms with Crippen LogP contribution in [-0.4, -0.2) is 23.8 Å². The highest BCUT2D eigenvalue weighted by molar-refractivity contribution is 5.72. The molecule has 1 saturated heterocycles. The molecule has 0 aromatic heterocycles. The number of esters is 1. The predicted molar refractivity (Wildman–Crippen MR) is 37.8 cm³/mol. The molecule has 2 fully saturated rings. The Morgan fingerprint density at radius 2 is 2.36 bits per heavy atom. The number of carbonyl (C=O) groups excluding carboxylic acids is 1. The first-order chi connectivity index (χ1) is 5.31. The summed E-state index contributed by atoms with van der Waals surface area (Å²) in [6.07, 6.45) is 2.61. The van der Waals surface area contributed by atoms with Crippen LogP contribution in [0.5, 0.6) is 0 Å². The Bertz CT molecular complexity index is 178. The van der Waals surface area contributed by atoms with Crippen LogP contribution in [-0.2, 0) is 9.53 Å². The van der Waals surface area contributed by atoms with E-state index in [4.69, 9.17) is 9.84 Å². The molecule has 1 aliphatic heterocycles. The molecule has 1 heterocycles. The first-order valence-corrected chi connectivity index (χ1v) is 4.11. The second-order valence-corrected chi connectivity index (χ2v) is 3.42. The van der Waals surface area contributed by atoms with Crippen molar-refractivity contribution < 1.29 is 14.6 Å². The van der Waals surface area contributed by atoms with Gasteiger partial charge in [-0.25, -0.2) is 0 Å². The Morgan fingerprint density at radius 1 is 1.55 bits per heavy atom. The molecule has 3 nitrogen and oxygen atoms in total. The van der Waals surface area contributed by atoms with E-state index >= 15 is 0 Å². The van der Waals surface area contributed by atoms with E-state index in [0.29, 0.717) is 18.3 Å². The monoisotopic (exact) mass is 156 g/mol. The minimum Gasteiger partial charge on any atom is -0.462 e. The summed E-state index contributed by atoms with van der Waals surface area (Å²) in [5.41, 5.74) is 0. The Morgan fingerprint density at radius 3 is 3.09 bits per heavy atom. The SMILES string of the molecule is O=C1C[C@H]2[C@H](CO)CC[C@H]2O1. The highest BCUT2D eigenvalue weighted by atomic mass is 16.6. The maximum absolute atomic E-state index is 10.8. The molecule has 1 N–H and O–H groups in total. The number of aliphatic hydroxyl groups is 1. The molecule has 0 unspecified atom stereocenters. The normalized spacial score (nSPS) is 42.3.